The minimum absolute atomic E-state index is 0.120. The first-order chi connectivity index (χ1) is 9.33. The molecule has 3 N–H and O–H groups in total. The lowest BCUT2D eigenvalue weighted by Gasteiger charge is -2.23. The lowest BCUT2D eigenvalue weighted by molar-refractivity contribution is 0.931. The van der Waals surface area contributed by atoms with E-state index >= 15 is 0 Å². The van der Waals surface area contributed by atoms with Gasteiger partial charge in [-0.3, -0.25) is 4.99 Å². The molecule has 0 amide bonds. The van der Waals surface area contributed by atoms with Gasteiger partial charge in [-0.05, 0) is 12.1 Å². The summed E-state index contributed by atoms with van der Waals surface area (Å²) in [7, 11) is 0. The maximum Gasteiger partial charge on any atom is 0.126 e. The molecule has 0 saturated heterocycles. The van der Waals surface area contributed by atoms with E-state index in [2.05, 4.69) is 22.4 Å². The Bertz CT molecular complexity index is 595. The van der Waals surface area contributed by atoms with Gasteiger partial charge in [0.15, 0.2) is 0 Å². The van der Waals surface area contributed by atoms with Gasteiger partial charge in [-0.2, -0.15) is 0 Å². The fraction of sp³-hybridized carbons (Fsp3) is 0.133. The van der Waals surface area contributed by atoms with E-state index < -0.39 is 0 Å². The lowest BCUT2D eigenvalue weighted by Crippen LogP contribution is -2.24. The summed E-state index contributed by atoms with van der Waals surface area (Å²) in [6.45, 7) is 0.801. The van der Waals surface area contributed by atoms with E-state index in [9.17, 15) is 0 Å². The summed E-state index contributed by atoms with van der Waals surface area (Å²) in [4.78, 5) is 5.83. The van der Waals surface area contributed by atoms with Crippen LogP contribution in [0.3, 0.4) is 0 Å². The quantitative estimate of drug-likeness (QED) is 0.651. The third-order valence-electron chi connectivity index (χ3n) is 2.97. The number of fused-ring (bicyclic) bond motifs is 1. The maximum absolute atomic E-state index is 6.05. The highest BCUT2D eigenvalue weighted by Gasteiger charge is 2.17. The Morgan fingerprint density at radius 2 is 1.84 bits per heavy atom. The van der Waals surface area contributed by atoms with Gasteiger partial charge >= 0.3 is 0 Å². The van der Waals surface area contributed by atoms with Crippen LogP contribution in [0.5, 0.6) is 0 Å². The number of thioether (sulfide) groups is 1. The van der Waals surface area contributed by atoms with Crippen LogP contribution in [0.1, 0.15) is 5.56 Å². The van der Waals surface area contributed by atoms with Gasteiger partial charge in [0.25, 0.3) is 0 Å². The number of aliphatic imine (C=N–C) groups is 1. The predicted molar refractivity (Wildman–Crippen MR) is 81.7 cm³/mol. The predicted octanol–water partition coefficient (Wildman–Crippen LogP) is 2.94. The van der Waals surface area contributed by atoms with Crippen LogP contribution < -0.4 is 11.1 Å². The van der Waals surface area contributed by atoms with Crippen molar-refractivity contribution in [2.75, 3.05) is 11.9 Å². The fourth-order valence-electron chi connectivity index (χ4n) is 2.01. The number of nitrogens with two attached hydrogens (primary N) is 1. The zero-order valence-corrected chi connectivity index (χ0v) is 11.2. The molecule has 19 heavy (non-hydrogen) atoms. The molecule has 0 fully saturated rings. The van der Waals surface area contributed by atoms with E-state index in [1.807, 2.05) is 42.5 Å². The highest BCUT2D eigenvalue weighted by molar-refractivity contribution is 8.00. The van der Waals surface area contributed by atoms with Gasteiger partial charge in [-0.25, -0.2) is 0 Å². The molecule has 0 aromatic heterocycles. The Kier molecular flexibility index (Phi) is 3.42. The minimum Gasteiger partial charge on any atom is -0.383 e. The van der Waals surface area contributed by atoms with Gasteiger partial charge in [0, 0.05) is 22.7 Å². The van der Waals surface area contributed by atoms with E-state index in [-0.39, 0.29) is 5.37 Å². The number of hydrogen-bond acceptors (Lipinski definition) is 3. The van der Waals surface area contributed by atoms with Crippen LogP contribution >= 0.6 is 11.8 Å². The zero-order chi connectivity index (χ0) is 13.1. The van der Waals surface area contributed by atoms with Crippen LogP contribution in [0.25, 0.3) is 0 Å². The summed E-state index contributed by atoms with van der Waals surface area (Å²) in [6, 6.07) is 18.1. The normalized spacial score (nSPS) is 18.5. The highest BCUT2D eigenvalue weighted by atomic mass is 32.2. The second-order valence-corrected chi connectivity index (χ2v) is 5.55. The standard InChI is InChI=1S/C15H15N3S/c16-15(11-6-2-1-3-7-11)18-14-10-17-12-8-4-5-9-13(12)19-14/h1-9,14,17H,10H2,(H2,16,18). The summed E-state index contributed by atoms with van der Waals surface area (Å²) in [5, 5.41) is 3.51. The van der Waals surface area contributed by atoms with Gasteiger partial charge in [0.05, 0.1) is 0 Å². The molecular formula is C15H15N3S. The number of amidine groups is 1. The third kappa shape index (κ3) is 2.74. The summed E-state index contributed by atoms with van der Waals surface area (Å²) in [6.07, 6.45) is 0. The van der Waals surface area contributed by atoms with Crippen molar-refractivity contribution in [3.8, 4) is 0 Å². The Balaban J connectivity index is 1.79. The molecule has 1 unspecified atom stereocenters. The smallest absolute Gasteiger partial charge is 0.126 e. The van der Waals surface area contributed by atoms with E-state index in [4.69, 9.17) is 5.73 Å². The van der Waals surface area contributed by atoms with E-state index in [1.165, 1.54) is 10.6 Å². The third-order valence-corrected chi connectivity index (χ3v) is 4.12. The molecule has 0 saturated carbocycles. The molecule has 3 rings (SSSR count). The molecule has 2 aromatic rings. The Morgan fingerprint density at radius 3 is 2.68 bits per heavy atom. The molecule has 0 radical (unpaired) electrons. The lowest BCUT2D eigenvalue weighted by atomic mass is 10.2. The molecule has 4 heteroatoms. The highest BCUT2D eigenvalue weighted by Crippen LogP contribution is 2.35. The fourth-order valence-corrected chi connectivity index (χ4v) is 3.06. The van der Waals surface area contributed by atoms with Crippen molar-refractivity contribution in [3.05, 3.63) is 60.2 Å². The first-order valence-corrected chi connectivity index (χ1v) is 7.09. The Labute approximate surface area is 116 Å². The number of para-hydroxylation sites is 1. The van der Waals surface area contributed by atoms with Gasteiger partial charge in [-0.1, -0.05) is 54.2 Å². The average Bonchev–Trinajstić information content (AvgIpc) is 2.48. The maximum atomic E-state index is 6.05. The van der Waals surface area contributed by atoms with Crippen molar-refractivity contribution < 1.29 is 0 Å². The van der Waals surface area contributed by atoms with Crippen LogP contribution in [0.4, 0.5) is 5.69 Å². The number of rotatable bonds is 2. The van der Waals surface area contributed by atoms with Crippen molar-refractivity contribution in [2.45, 2.75) is 10.3 Å². The van der Waals surface area contributed by atoms with Crippen molar-refractivity contribution >= 4 is 23.3 Å². The molecule has 3 nitrogen and oxygen atoms in total. The number of hydrogen-bond donors (Lipinski definition) is 2. The monoisotopic (exact) mass is 269 g/mol. The van der Waals surface area contributed by atoms with Crippen LogP contribution in [0.15, 0.2) is 64.5 Å². The van der Waals surface area contributed by atoms with Gasteiger partial charge in [0.2, 0.25) is 0 Å². The Hall–Kier alpha value is -1.94. The zero-order valence-electron chi connectivity index (χ0n) is 10.4. The molecule has 0 aliphatic carbocycles. The average molecular weight is 269 g/mol. The van der Waals surface area contributed by atoms with Gasteiger partial charge < -0.3 is 11.1 Å². The SMILES string of the molecule is NC(=NC1CNc2ccccc2S1)c1ccccc1. The summed E-state index contributed by atoms with van der Waals surface area (Å²) in [5.74, 6) is 0.597. The first kappa shape index (κ1) is 12.1. The molecule has 1 atom stereocenters. The second-order valence-electron chi connectivity index (χ2n) is 4.33. The van der Waals surface area contributed by atoms with Crippen molar-refractivity contribution in [3.63, 3.8) is 0 Å². The van der Waals surface area contributed by atoms with Crippen LogP contribution in [0.2, 0.25) is 0 Å². The van der Waals surface area contributed by atoms with E-state index in [0.717, 1.165) is 12.1 Å². The number of nitrogens with one attached hydrogen (secondary N) is 1. The number of nitrogens with zero attached hydrogens (tertiary/aromatic N) is 1. The topological polar surface area (TPSA) is 50.4 Å². The van der Waals surface area contributed by atoms with Crippen molar-refractivity contribution in [1.82, 2.24) is 0 Å². The number of anilines is 1. The summed E-state index contributed by atoms with van der Waals surface area (Å²) < 4.78 is 0. The van der Waals surface area contributed by atoms with E-state index in [0.29, 0.717) is 5.84 Å². The second kappa shape index (κ2) is 5.36. The molecule has 2 aromatic carbocycles. The molecule has 1 aliphatic heterocycles. The van der Waals surface area contributed by atoms with Crippen LogP contribution in [-0.2, 0) is 0 Å². The van der Waals surface area contributed by atoms with Crippen LogP contribution in [-0.4, -0.2) is 17.8 Å². The minimum atomic E-state index is 0.120. The van der Waals surface area contributed by atoms with E-state index in [1.54, 1.807) is 11.8 Å². The van der Waals surface area contributed by atoms with Crippen LogP contribution in [0, 0.1) is 0 Å². The van der Waals surface area contributed by atoms with Crippen molar-refractivity contribution in [1.29, 1.82) is 0 Å². The molecule has 0 bridgehead atoms. The molecular weight excluding hydrogens is 254 g/mol. The van der Waals surface area contributed by atoms with Gasteiger partial charge in [0.1, 0.15) is 11.2 Å². The molecule has 1 heterocycles. The first-order valence-electron chi connectivity index (χ1n) is 6.21. The molecule has 0 spiro atoms. The number of benzene rings is 2. The van der Waals surface area contributed by atoms with Gasteiger partial charge in [-0.15, -0.1) is 0 Å². The molecule has 96 valence electrons. The largest absolute Gasteiger partial charge is 0.383 e. The molecule has 1 aliphatic rings. The Morgan fingerprint density at radius 1 is 1.11 bits per heavy atom. The summed E-state index contributed by atoms with van der Waals surface area (Å²) >= 11 is 1.75. The van der Waals surface area contributed by atoms with Crippen molar-refractivity contribution in [2.24, 2.45) is 10.7 Å². The summed E-state index contributed by atoms with van der Waals surface area (Å²) in [5.41, 5.74) is 8.21.